The summed E-state index contributed by atoms with van der Waals surface area (Å²) in [6, 6.07) is 7.13. The maximum absolute atomic E-state index is 8.00. The molecule has 1 saturated heterocycles. The van der Waals surface area contributed by atoms with Crippen LogP contribution in [0.5, 0.6) is 0 Å². The van der Waals surface area contributed by atoms with E-state index in [-0.39, 0.29) is 12.0 Å². The fourth-order valence-electron chi connectivity index (χ4n) is 1.58. The summed E-state index contributed by atoms with van der Waals surface area (Å²) in [4.78, 5) is 0.551. The highest BCUT2D eigenvalue weighted by Gasteiger charge is 2.14. The fraction of sp³-hybridized carbons (Fsp3) is 0.600. The van der Waals surface area contributed by atoms with E-state index in [1.165, 1.54) is 0 Å². The summed E-state index contributed by atoms with van der Waals surface area (Å²) in [6.07, 6.45) is 0. The lowest BCUT2D eigenvalue weighted by Crippen LogP contribution is -2.35. The molecule has 0 spiro atoms. The average Bonchev–Trinajstić information content (AvgIpc) is 2.41. The van der Waals surface area contributed by atoms with Crippen molar-refractivity contribution in [1.29, 1.82) is 0 Å². The molecule has 2 heteroatoms. The Bertz CT molecular complexity index is 610. The zero-order valence-electron chi connectivity index (χ0n) is 18.4. The molecular formula is C15H23NO. The third-order valence-corrected chi connectivity index (χ3v) is 2.62. The number of morpholine rings is 1. The van der Waals surface area contributed by atoms with E-state index in [0.717, 1.165) is 5.56 Å². The zero-order valence-corrected chi connectivity index (χ0v) is 10.4. The molecule has 0 aliphatic carbocycles. The van der Waals surface area contributed by atoms with Crippen molar-refractivity contribution < 1.29 is 15.7 Å². The lowest BCUT2D eigenvalue weighted by molar-refractivity contribution is 0.0342. The van der Waals surface area contributed by atoms with Gasteiger partial charge in [0, 0.05) is 25.0 Å². The fourth-order valence-corrected chi connectivity index (χ4v) is 1.58. The van der Waals surface area contributed by atoms with E-state index in [9.17, 15) is 0 Å². The Hall–Kier alpha value is -0.860. The van der Waals surface area contributed by atoms with Crippen molar-refractivity contribution in [3.05, 3.63) is 35.4 Å². The largest absolute Gasteiger partial charge is 0.379 e. The van der Waals surface area contributed by atoms with Crippen molar-refractivity contribution in [3.63, 3.8) is 0 Å². The summed E-state index contributed by atoms with van der Waals surface area (Å²) < 4.78 is 67.3. The molecule has 1 aromatic rings. The van der Waals surface area contributed by atoms with Gasteiger partial charge < -0.3 is 4.74 Å². The number of ether oxygens (including phenoxy) is 1. The first kappa shape index (κ1) is 5.85. The van der Waals surface area contributed by atoms with Crippen LogP contribution in [0.4, 0.5) is 0 Å². The number of benzene rings is 1. The molecule has 1 aromatic carbocycles. The van der Waals surface area contributed by atoms with Gasteiger partial charge >= 0.3 is 0 Å². The Kier molecular flexibility index (Phi) is 1.79. The van der Waals surface area contributed by atoms with Crippen LogP contribution < -0.4 is 0 Å². The molecule has 0 bridgehead atoms. The maximum Gasteiger partial charge on any atom is 0.0594 e. The van der Waals surface area contributed by atoms with Crippen LogP contribution in [0.3, 0.4) is 0 Å². The Labute approximate surface area is 116 Å². The van der Waals surface area contributed by atoms with Crippen molar-refractivity contribution in [2.24, 2.45) is 0 Å². The molecule has 0 N–H and O–H groups in total. The zero-order chi connectivity index (χ0) is 19.5. The molecule has 1 heterocycles. The standard InChI is InChI=1S/C15H23NO/c1-15(2,3)14-6-4-13(5-7-14)12-16-8-10-17-11-9-16/h4-7H,8-12H2,1-3H3/i8D2,9D2,10D2,11D2. The third kappa shape index (κ3) is 3.55. The van der Waals surface area contributed by atoms with Crippen molar-refractivity contribution >= 4 is 0 Å². The van der Waals surface area contributed by atoms with E-state index >= 15 is 0 Å². The summed E-state index contributed by atoms with van der Waals surface area (Å²) in [5.74, 6) is 0. The Morgan fingerprint density at radius 3 is 2.29 bits per heavy atom. The first-order valence-corrected chi connectivity index (χ1v) is 5.60. The molecule has 2 rings (SSSR count). The van der Waals surface area contributed by atoms with Crippen LogP contribution in [0.1, 0.15) is 42.9 Å². The van der Waals surface area contributed by atoms with Crippen LogP contribution in [0.15, 0.2) is 24.3 Å². The lowest BCUT2D eigenvalue weighted by Gasteiger charge is -2.27. The van der Waals surface area contributed by atoms with Crippen molar-refractivity contribution in [2.45, 2.75) is 32.7 Å². The second-order valence-electron chi connectivity index (χ2n) is 5.06. The van der Waals surface area contributed by atoms with Crippen LogP contribution in [-0.2, 0) is 16.7 Å². The molecule has 0 amide bonds. The van der Waals surface area contributed by atoms with Gasteiger partial charge in [-0.25, -0.2) is 0 Å². The molecule has 0 aromatic heterocycles. The molecule has 0 unspecified atom stereocenters. The van der Waals surface area contributed by atoms with Gasteiger partial charge in [-0.15, -0.1) is 0 Å². The molecule has 0 radical (unpaired) electrons. The molecule has 94 valence electrons. The SMILES string of the molecule is [2H]C1([2H])OC([2H])([2H])C([2H])([2H])N(Cc2ccc(C(C)(C)C)cc2)C1([2H])[2H]. The number of hydrogen-bond acceptors (Lipinski definition) is 2. The van der Waals surface area contributed by atoms with Crippen LogP contribution in [-0.4, -0.2) is 31.0 Å². The maximum atomic E-state index is 8.00. The van der Waals surface area contributed by atoms with Crippen LogP contribution >= 0.6 is 0 Å². The number of hydrogen-bond donors (Lipinski definition) is 0. The highest BCUT2D eigenvalue weighted by atomic mass is 16.5. The molecule has 1 fully saturated rings. The third-order valence-electron chi connectivity index (χ3n) is 2.62. The smallest absolute Gasteiger partial charge is 0.0594 e. The van der Waals surface area contributed by atoms with Gasteiger partial charge in [-0.05, 0) is 16.5 Å². The molecule has 1 aliphatic heterocycles. The van der Waals surface area contributed by atoms with Crippen LogP contribution in [0.25, 0.3) is 0 Å². The predicted octanol–water partition coefficient (Wildman–Crippen LogP) is 2.82. The van der Waals surface area contributed by atoms with Gasteiger partial charge in [0.15, 0.2) is 0 Å². The van der Waals surface area contributed by atoms with E-state index in [1.807, 2.05) is 32.9 Å². The minimum absolute atomic E-state index is 0.0737. The van der Waals surface area contributed by atoms with Gasteiger partial charge in [0.2, 0.25) is 0 Å². The average molecular weight is 241 g/mol. The summed E-state index contributed by atoms with van der Waals surface area (Å²) in [7, 11) is 0. The molecule has 1 aliphatic rings. The van der Waals surface area contributed by atoms with Crippen LogP contribution in [0.2, 0.25) is 0 Å². The number of rotatable bonds is 2. The van der Waals surface area contributed by atoms with Crippen molar-refractivity contribution in [3.8, 4) is 0 Å². The van der Waals surface area contributed by atoms with E-state index in [0.29, 0.717) is 10.5 Å². The lowest BCUT2D eigenvalue weighted by atomic mass is 9.87. The molecule has 0 saturated carbocycles. The number of nitrogens with zero attached hydrogens (tertiary/aromatic N) is 1. The van der Waals surface area contributed by atoms with Crippen molar-refractivity contribution in [1.82, 2.24) is 4.90 Å². The molecule has 17 heavy (non-hydrogen) atoms. The van der Waals surface area contributed by atoms with Gasteiger partial charge in [-0.3, -0.25) is 4.90 Å². The first-order chi connectivity index (χ1) is 11.0. The highest BCUT2D eigenvalue weighted by molar-refractivity contribution is 5.27. The second-order valence-corrected chi connectivity index (χ2v) is 5.06. The van der Waals surface area contributed by atoms with Gasteiger partial charge in [-0.1, -0.05) is 45.0 Å². The highest BCUT2D eigenvalue weighted by Crippen LogP contribution is 2.22. The molecule has 0 atom stereocenters. The van der Waals surface area contributed by atoms with Crippen LogP contribution in [0, 0.1) is 0 Å². The normalized spacial score (nSPS) is 37.1. The minimum atomic E-state index is -3.01. The van der Waals surface area contributed by atoms with Gasteiger partial charge in [0.05, 0.1) is 18.6 Å². The second kappa shape index (κ2) is 5.19. The predicted molar refractivity (Wildman–Crippen MR) is 71.2 cm³/mol. The molecular weight excluding hydrogens is 210 g/mol. The molecule has 2 nitrogen and oxygen atoms in total. The minimum Gasteiger partial charge on any atom is -0.379 e. The van der Waals surface area contributed by atoms with E-state index in [4.69, 9.17) is 11.0 Å². The summed E-state index contributed by atoms with van der Waals surface area (Å²) in [6.45, 7) is -5.89. The Morgan fingerprint density at radius 2 is 1.76 bits per heavy atom. The van der Waals surface area contributed by atoms with E-state index in [2.05, 4.69) is 4.74 Å². The van der Waals surface area contributed by atoms with Crippen molar-refractivity contribution in [2.75, 3.05) is 26.1 Å². The topological polar surface area (TPSA) is 12.5 Å². The van der Waals surface area contributed by atoms with Gasteiger partial charge in [0.25, 0.3) is 0 Å². The summed E-state index contributed by atoms with van der Waals surface area (Å²) >= 11 is 0. The summed E-state index contributed by atoms with van der Waals surface area (Å²) in [5.41, 5.74) is 1.53. The van der Waals surface area contributed by atoms with E-state index < -0.39 is 26.1 Å². The van der Waals surface area contributed by atoms with Gasteiger partial charge in [0.1, 0.15) is 0 Å². The Balaban J connectivity index is 2.40. The Morgan fingerprint density at radius 1 is 1.18 bits per heavy atom. The summed E-state index contributed by atoms with van der Waals surface area (Å²) in [5, 5.41) is 0. The quantitative estimate of drug-likeness (QED) is 0.789. The monoisotopic (exact) mass is 241 g/mol. The van der Waals surface area contributed by atoms with Gasteiger partial charge in [-0.2, -0.15) is 0 Å². The first-order valence-electron chi connectivity index (χ1n) is 9.60. The van der Waals surface area contributed by atoms with E-state index in [1.54, 1.807) is 12.1 Å².